The van der Waals surface area contributed by atoms with Crippen LogP contribution < -0.4 is 15.4 Å². The number of hydrogen-bond acceptors (Lipinski definition) is 3. The predicted molar refractivity (Wildman–Crippen MR) is 101 cm³/mol. The minimum Gasteiger partial charge on any atom is -0.477 e. The molecule has 26 heavy (non-hydrogen) atoms. The molecular formula is C20H25FN4O. The summed E-state index contributed by atoms with van der Waals surface area (Å²) < 4.78 is 18.5. The van der Waals surface area contributed by atoms with Gasteiger partial charge in [-0.3, -0.25) is 4.99 Å². The van der Waals surface area contributed by atoms with Crippen LogP contribution in [0.5, 0.6) is 5.88 Å². The van der Waals surface area contributed by atoms with Crippen molar-refractivity contribution in [2.45, 2.75) is 25.8 Å². The van der Waals surface area contributed by atoms with E-state index >= 15 is 0 Å². The van der Waals surface area contributed by atoms with Gasteiger partial charge in [0.05, 0.1) is 6.61 Å². The average Bonchev–Trinajstić information content (AvgIpc) is 3.50. The maximum Gasteiger partial charge on any atom is 0.213 e. The van der Waals surface area contributed by atoms with Crippen molar-refractivity contribution in [3.05, 3.63) is 59.5 Å². The summed E-state index contributed by atoms with van der Waals surface area (Å²) in [6.07, 6.45) is 5.17. The molecule has 2 N–H and O–H groups in total. The summed E-state index contributed by atoms with van der Waals surface area (Å²) >= 11 is 0. The molecule has 1 aliphatic rings. The molecule has 5 nitrogen and oxygen atoms in total. The Labute approximate surface area is 153 Å². The average molecular weight is 356 g/mol. The van der Waals surface area contributed by atoms with Gasteiger partial charge in [0.15, 0.2) is 5.96 Å². The van der Waals surface area contributed by atoms with E-state index in [4.69, 9.17) is 4.74 Å². The zero-order valence-electron chi connectivity index (χ0n) is 15.0. The lowest BCUT2D eigenvalue weighted by Crippen LogP contribution is -2.37. The van der Waals surface area contributed by atoms with Gasteiger partial charge in [0.1, 0.15) is 5.82 Å². The molecule has 138 valence electrons. The first kappa shape index (κ1) is 18.2. The Balaban J connectivity index is 1.38. The number of nitrogens with one attached hydrogen (secondary N) is 2. The monoisotopic (exact) mass is 356 g/mol. The van der Waals surface area contributed by atoms with Crippen LogP contribution >= 0.6 is 0 Å². The van der Waals surface area contributed by atoms with E-state index in [-0.39, 0.29) is 5.82 Å². The first-order chi connectivity index (χ1) is 12.7. The Morgan fingerprint density at radius 1 is 1.15 bits per heavy atom. The summed E-state index contributed by atoms with van der Waals surface area (Å²) in [6, 6.07) is 10.5. The van der Waals surface area contributed by atoms with Crippen LogP contribution in [0.1, 0.15) is 24.0 Å². The number of aliphatic imine (C=N–C) groups is 1. The molecule has 1 fully saturated rings. The molecule has 0 radical (unpaired) electrons. The Kier molecular flexibility index (Phi) is 6.41. The van der Waals surface area contributed by atoms with Crippen molar-refractivity contribution in [3.8, 4) is 5.88 Å². The largest absolute Gasteiger partial charge is 0.477 e. The smallest absolute Gasteiger partial charge is 0.213 e. The van der Waals surface area contributed by atoms with Gasteiger partial charge in [-0.1, -0.05) is 18.2 Å². The van der Waals surface area contributed by atoms with Crippen LogP contribution in [0.3, 0.4) is 0 Å². The molecule has 0 saturated heterocycles. The summed E-state index contributed by atoms with van der Waals surface area (Å²) in [4.78, 5) is 8.55. The topological polar surface area (TPSA) is 58.5 Å². The Bertz CT molecular complexity index is 712. The molecule has 1 heterocycles. The highest BCUT2D eigenvalue weighted by atomic mass is 19.1. The second kappa shape index (κ2) is 9.17. The number of nitrogens with zero attached hydrogens (tertiary/aromatic N) is 2. The summed E-state index contributed by atoms with van der Waals surface area (Å²) in [5.74, 6) is 1.92. The van der Waals surface area contributed by atoms with Gasteiger partial charge < -0.3 is 15.4 Å². The van der Waals surface area contributed by atoms with Crippen molar-refractivity contribution in [2.75, 3.05) is 20.2 Å². The van der Waals surface area contributed by atoms with Crippen LogP contribution in [0, 0.1) is 11.7 Å². The Hall–Kier alpha value is -2.63. The molecule has 1 aliphatic carbocycles. The van der Waals surface area contributed by atoms with Crippen molar-refractivity contribution in [1.29, 1.82) is 0 Å². The SMILES string of the molecule is CN=C(NCCc1ccc(F)cc1)NCc1ccc(OCC2CC2)nc1. The van der Waals surface area contributed by atoms with Gasteiger partial charge in [-0.15, -0.1) is 0 Å². The fourth-order valence-electron chi connectivity index (χ4n) is 2.47. The number of hydrogen-bond donors (Lipinski definition) is 2. The summed E-state index contributed by atoms with van der Waals surface area (Å²) in [6.45, 7) is 2.12. The van der Waals surface area contributed by atoms with Crippen LogP contribution in [-0.2, 0) is 13.0 Å². The molecule has 0 atom stereocenters. The summed E-state index contributed by atoms with van der Waals surface area (Å²) in [5, 5.41) is 6.51. The second-order valence-corrected chi connectivity index (χ2v) is 6.49. The van der Waals surface area contributed by atoms with E-state index in [1.165, 1.54) is 25.0 Å². The first-order valence-electron chi connectivity index (χ1n) is 8.99. The van der Waals surface area contributed by atoms with Crippen LogP contribution in [0.4, 0.5) is 4.39 Å². The van der Waals surface area contributed by atoms with E-state index < -0.39 is 0 Å². The maximum atomic E-state index is 12.9. The van der Waals surface area contributed by atoms with Crippen LogP contribution in [0.2, 0.25) is 0 Å². The molecule has 3 rings (SSSR count). The number of benzene rings is 1. The normalized spacial score (nSPS) is 14.2. The van der Waals surface area contributed by atoms with Crippen molar-refractivity contribution in [2.24, 2.45) is 10.9 Å². The lowest BCUT2D eigenvalue weighted by molar-refractivity contribution is 0.288. The van der Waals surface area contributed by atoms with Gasteiger partial charge in [-0.2, -0.15) is 0 Å². The van der Waals surface area contributed by atoms with Crippen LogP contribution in [-0.4, -0.2) is 31.1 Å². The molecule has 0 spiro atoms. The van der Waals surface area contributed by atoms with E-state index in [1.807, 2.05) is 18.3 Å². The van der Waals surface area contributed by atoms with Gasteiger partial charge in [0.25, 0.3) is 0 Å². The second-order valence-electron chi connectivity index (χ2n) is 6.49. The number of guanidine groups is 1. The minimum absolute atomic E-state index is 0.211. The number of ether oxygens (including phenoxy) is 1. The summed E-state index contributed by atoms with van der Waals surface area (Å²) in [7, 11) is 1.74. The zero-order valence-corrected chi connectivity index (χ0v) is 15.0. The third-order valence-electron chi connectivity index (χ3n) is 4.26. The molecule has 0 aliphatic heterocycles. The molecule has 1 aromatic heterocycles. The highest BCUT2D eigenvalue weighted by Crippen LogP contribution is 2.29. The highest BCUT2D eigenvalue weighted by molar-refractivity contribution is 5.79. The third kappa shape index (κ3) is 6.02. The maximum absolute atomic E-state index is 12.9. The molecule has 0 amide bonds. The minimum atomic E-state index is -0.211. The van der Waals surface area contributed by atoms with Crippen molar-refractivity contribution in [1.82, 2.24) is 15.6 Å². The highest BCUT2D eigenvalue weighted by Gasteiger charge is 2.21. The predicted octanol–water partition coefficient (Wildman–Crippen LogP) is 2.92. The standard InChI is InChI=1S/C20H25FN4O/c1-22-20(23-11-10-15-4-7-18(21)8-5-15)25-13-17-6-9-19(24-12-17)26-14-16-2-3-16/h4-9,12,16H,2-3,10-11,13-14H2,1H3,(H2,22,23,25). The Morgan fingerprint density at radius 2 is 1.92 bits per heavy atom. The van der Waals surface area contributed by atoms with Crippen LogP contribution in [0.15, 0.2) is 47.6 Å². The van der Waals surface area contributed by atoms with Gasteiger partial charge in [-0.05, 0) is 48.4 Å². The van der Waals surface area contributed by atoms with Crippen molar-refractivity contribution < 1.29 is 9.13 Å². The van der Waals surface area contributed by atoms with Gasteiger partial charge in [0.2, 0.25) is 5.88 Å². The molecule has 6 heteroatoms. The number of pyridine rings is 1. The molecule has 0 bridgehead atoms. The van der Waals surface area contributed by atoms with E-state index in [0.717, 1.165) is 42.6 Å². The van der Waals surface area contributed by atoms with E-state index in [2.05, 4.69) is 20.6 Å². The molecule has 0 unspecified atom stereocenters. The third-order valence-corrected chi connectivity index (χ3v) is 4.26. The summed E-state index contributed by atoms with van der Waals surface area (Å²) in [5.41, 5.74) is 2.14. The number of halogens is 1. The molecule has 1 saturated carbocycles. The van der Waals surface area contributed by atoms with E-state index in [0.29, 0.717) is 12.4 Å². The fraction of sp³-hybridized carbons (Fsp3) is 0.400. The van der Waals surface area contributed by atoms with E-state index in [9.17, 15) is 4.39 Å². The zero-order chi connectivity index (χ0) is 18.2. The van der Waals surface area contributed by atoms with Gasteiger partial charge in [-0.25, -0.2) is 9.37 Å². The van der Waals surface area contributed by atoms with Crippen molar-refractivity contribution >= 4 is 5.96 Å². The molecule has 1 aromatic carbocycles. The fourth-order valence-corrected chi connectivity index (χ4v) is 2.47. The quantitative estimate of drug-likeness (QED) is 0.564. The van der Waals surface area contributed by atoms with Gasteiger partial charge in [0, 0.05) is 32.4 Å². The number of aromatic nitrogens is 1. The first-order valence-corrected chi connectivity index (χ1v) is 8.99. The van der Waals surface area contributed by atoms with E-state index in [1.54, 1.807) is 19.2 Å². The lowest BCUT2D eigenvalue weighted by atomic mass is 10.1. The lowest BCUT2D eigenvalue weighted by Gasteiger charge is -2.12. The Morgan fingerprint density at radius 3 is 2.58 bits per heavy atom. The number of rotatable bonds is 8. The molecule has 2 aromatic rings. The molecular weight excluding hydrogens is 331 g/mol. The van der Waals surface area contributed by atoms with Crippen LogP contribution in [0.25, 0.3) is 0 Å². The van der Waals surface area contributed by atoms with Gasteiger partial charge >= 0.3 is 0 Å². The van der Waals surface area contributed by atoms with Crippen molar-refractivity contribution in [3.63, 3.8) is 0 Å².